The van der Waals surface area contributed by atoms with Gasteiger partial charge >= 0.3 is 6.18 Å². The van der Waals surface area contributed by atoms with Crippen molar-refractivity contribution in [2.45, 2.75) is 25.9 Å². The Morgan fingerprint density at radius 1 is 0.968 bits per heavy atom. The van der Waals surface area contributed by atoms with Gasteiger partial charge in [0, 0.05) is 39.3 Å². The zero-order valence-corrected chi connectivity index (χ0v) is 17.7. The maximum atomic E-state index is 14.0. The van der Waals surface area contributed by atoms with Gasteiger partial charge in [0.2, 0.25) is 0 Å². The number of carbonyl (C=O) groups excluding carboxylic acids is 1. The minimum Gasteiger partial charge on any atom is -0.336 e. The maximum Gasteiger partial charge on any atom is 0.434 e. The average Bonchev–Trinajstić information content (AvgIpc) is 3.42. The number of aromatic nitrogens is 2. The number of hydrogen-bond donors (Lipinski definition) is 0. The van der Waals surface area contributed by atoms with E-state index in [-0.39, 0.29) is 5.56 Å². The quantitative estimate of drug-likeness (QED) is 0.724. The van der Waals surface area contributed by atoms with E-state index in [1.54, 1.807) is 31.2 Å². The van der Waals surface area contributed by atoms with Gasteiger partial charge in [-0.3, -0.25) is 9.69 Å². The lowest BCUT2D eigenvalue weighted by atomic mass is 10.1. The fourth-order valence-corrected chi connectivity index (χ4v) is 4.40. The SMILES string of the molecule is Cc1ccccc1-n1ncc(C(=O)N2CCN(CCN3CCCC3)CC2)c1C(F)(F)F. The van der Waals surface area contributed by atoms with Crippen LogP contribution in [0.3, 0.4) is 0 Å². The van der Waals surface area contributed by atoms with E-state index < -0.39 is 17.8 Å². The standard InChI is InChI=1S/C22H28F3N5O/c1-17-6-2-3-7-19(17)30-20(22(23,24)25)18(16-26-30)21(31)29-14-12-28(13-15-29)11-10-27-8-4-5-9-27/h2-3,6-7,16H,4-5,8-15H2,1H3. The minimum absolute atomic E-state index is 0.320. The Labute approximate surface area is 180 Å². The number of hydrogen-bond acceptors (Lipinski definition) is 4. The number of alkyl halides is 3. The molecule has 2 aromatic rings. The summed E-state index contributed by atoms with van der Waals surface area (Å²) in [5.74, 6) is -0.605. The van der Waals surface area contributed by atoms with Crippen LogP contribution in [0, 0.1) is 6.92 Å². The smallest absolute Gasteiger partial charge is 0.336 e. The highest BCUT2D eigenvalue weighted by Crippen LogP contribution is 2.34. The molecule has 0 bridgehead atoms. The Morgan fingerprint density at radius 2 is 1.58 bits per heavy atom. The van der Waals surface area contributed by atoms with E-state index in [2.05, 4.69) is 14.9 Å². The van der Waals surface area contributed by atoms with Crippen molar-refractivity contribution in [3.8, 4) is 5.69 Å². The highest BCUT2D eigenvalue weighted by Gasteiger charge is 2.42. The molecule has 4 rings (SSSR count). The Kier molecular flexibility index (Phi) is 6.34. The predicted molar refractivity (Wildman–Crippen MR) is 111 cm³/mol. The van der Waals surface area contributed by atoms with E-state index in [1.807, 2.05) is 0 Å². The Hall–Kier alpha value is -2.39. The first-order valence-corrected chi connectivity index (χ1v) is 10.8. The van der Waals surface area contributed by atoms with Crippen LogP contribution in [0.15, 0.2) is 30.5 Å². The minimum atomic E-state index is -4.69. The second kappa shape index (κ2) is 9.00. The molecule has 168 valence electrons. The molecule has 0 atom stereocenters. The van der Waals surface area contributed by atoms with E-state index in [9.17, 15) is 18.0 Å². The molecule has 0 spiro atoms. The van der Waals surface area contributed by atoms with Crippen molar-refractivity contribution in [3.05, 3.63) is 47.3 Å². The van der Waals surface area contributed by atoms with Crippen LogP contribution in [0.4, 0.5) is 13.2 Å². The topological polar surface area (TPSA) is 44.6 Å². The summed E-state index contributed by atoms with van der Waals surface area (Å²) in [5.41, 5.74) is -0.424. The van der Waals surface area contributed by atoms with Crippen LogP contribution in [0.5, 0.6) is 0 Å². The van der Waals surface area contributed by atoms with Crippen molar-refractivity contribution in [1.82, 2.24) is 24.5 Å². The molecular weight excluding hydrogens is 407 g/mol. The number of halogens is 3. The molecule has 3 heterocycles. The maximum absolute atomic E-state index is 14.0. The summed E-state index contributed by atoms with van der Waals surface area (Å²) in [4.78, 5) is 19.2. The molecule has 9 heteroatoms. The molecule has 0 radical (unpaired) electrons. The molecule has 2 fully saturated rings. The first kappa shape index (κ1) is 21.8. The third-order valence-corrected chi connectivity index (χ3v) is 6.20. The first-order valence-electron chi connectivity index (χ1n) is 10.8. The van der Waals surface area contributed by atoms with Crippen molar-refractivity contribution < 1.29 is 18.0 Å². The second-order valence-corrected chi connectivity index (χ2v) is 8.29. The molecule has 2 aliphatic rings. The molecule has 1 amide bonds. The Balaban J connectivity index is 1.47. The van der Waals surface area contributed by atoms with E-state index >= 15 is 0 Å². The van der Waals surface area contributed by atoms with Crippen molar-refractivity contribution in [2.75, 3.05) is 52.4 Å². The van der Waals surface area contributed by atoms with Gasteiger partial charge < -0.3 is 9.80 Å². The van der Waals surface area contributed by atoms with E-state index in [0.717, 1.165) is 37.1 Å². The van der Waals surface area contributed by atoms with Gasteiger partial charge in [0.25, 0.3) is 5.91 Å². The van der Waals surface area contributed by atoms with Crippen LogP contribution in [0.2, 0.25) is 0 Å². The van der Waals surface area contributed by atoms with Gasteiger partial charge in [0.1, 0.15) is 0 Å². The summed E-state index contributed by atoms with van der Waals surface area (Å²) < 4.78 is 42.7. The zero-order chi connectivity index (χ0) is 22.0. The molecule has 6 nitrogen and oxygen atoms in total. The number of carbonyl (C=O) groups is 1. The number of amides is 1. The van der Waals surface area contributed by atoms with Crippen LogP contribution in [-0.2, 0) is 6.18 Å². The van der Waals surface area contributed by atoms with Crippen LogP contribution in [-0.4, -0.2) is 82.7 Å². The molecule has 0 saturated carbocycles. The van der Waals surface area contributed by atoms with Crippen molar-refractivity contribution in [3.63, 3.8) is 0 Å². The molecule has 0 N–H and O–H groups in total. The highest BCUT2D eigenvalue weighted by molar-refractivity contribution is 5.95. The van der Waals surface area contributed by atoms with E-state index in [0.29, 0.717) is 37.4 Å². The number of nitrogens with zero attached hydrogens (tertiary/aromatic N) is 5. The van der Waals surface area contributed by atoms with Crippen LogP contribution >= 0.6 is 0 Å². The van der Waals surface area contributed by atoms with E-state index in [1.165, 1.54) is 17.7 Å². The van der Waals surface area contributed by atoms with Crippen molar-refractivity contribution in [1.29, 1.82) is 0 Å². The second-order valence-electron chi connectivity index (χ2n) is 8.29. The van der Waals surface area contributed by atoms with Crippen LogP contribution in [0.25, 0.3) is 5.69 Å². The fourth-order valence-electron chi connectivity index (χ4n) is 4.40. The van der Waals surface area contributed by atoms with Crippen molar-refractivity contribution in [2.24, 2.45) is 0 Å². The molecule has 31 heavy (non-hydrogen) atoms. The first-order chi connectivity index (χ1) is 14.8. The van der Waals surface area contributed by atoms with Gasteiger partial charge in [-0.05, 0) is 44.5 Å². The number of aryl methyl sites for hydroxylation is 1. The van der Waals surface area contributed by atoms with Crippen LogP contribution in [0.1, 0.15) is 34.5 Å². The summed E-state index contributed by atoms with van der Waals surface area (Å²) in [6.07, 6.45) is -1.14. The molecule has 1 aromatic carbocycles. The normalized spacial score (nSPS) is 18.6. The monoisotopic (exact) mass is 435 g/mol. The lowest BCUT2D eigenvalue weighted by molar-refractivity contribution is -0.143. The molecule has 2 aliphatic heterocycles. The van der Waals surface area contributed by atoms with Gasteiger partial charge in [-0.15, -0.1) is 0 Å². The summed E-state index contributed by atoms with van der Waals surface area (Å²) in [7, 11) is 0. The van der Waals surface area contributed by atoms with Gasteiger partial charge in [0.15, 0.2) is 5.69 Å². The zero-order valence-electron chi connectivity index (χ0n) is 17.7. The Morgan fingerprint density at radius 3 is 2.19 bits per heavy atom. The predicted octanol–water partition coefficient (Wildman–Crippen LogP) is 3.05. The average molecular weight is 435 g/mol. The lowest BCUT2D eigenvalue weighted by Gasteiger charge is -2.35. The Bertz CT molecular complexity index is 912. The molecule has 1 aromatic heterocycles. The third-order valence-electron chi connectivity index (χ3n) is 6.20. The van der Waals surface area contributed by atoms with Gasteiger partial charge in [-0.2, -0.15) is 18.3 Å². The van der Waals surface area contributed by atoms with Crippen molar-refractivity contribution >= 4 is 5.91 Å². The van der Waals surface area contributed by atoms with Gasteiger partial charge in [-0.25, -0.2) is 4.68 Å². The lowest BCUT2D eigenvalue weighted by Crippen LogP contribution is -2.50. The van der Waals surface area contributed by atoms with Gasteiger partial charge in [0.05, 0.1) is 17.4 Å². The molecular formula is C22H28F3N5O. The number of para-hydroxylation sites is 1. The summed E-state index contributed by atoms with van der Waals surface area (Å²) in [6.45, 7) is 8.14. The summed E-state index contributed by atoms with van der Waals surface area (Å²) in [6, 6.07) is 6.71. The number of benzene rings is 1. The number of likely N-dealkylation sites (tertiary alicyclic amines) is 1. The highest BCUT2D eigenvalue weighted by atomic mass is 19.4. The summed E-state index contributed by atoms with van der Waals surface area (Å²) >= 11 is 0. The fraction of sp³-hybridized carbons (Fsp3) is 0.545. The number of rotatable bonds is 5. The van der Waals surface area contributed by atoms with Gasteiger partial charge in [-0.1, -0.05) is 18.2 Å². The molecule has 2 saturated heterocycles. The van der Waals surface area contributed by atoms with E-state index in [4.69, 9.17) is 0 Å². The molecule has 0 unspecified atom stereocenters. The largest absolute Gasteiger partial charge is 0.434 e. The number of piperazine rings is 1. The van der Waals surface area contributed by atoms with Crippen LogP contribution < -0.4 is 0 Å². The summed E-state index contributed by atoms with van der Waals surface area (Å²) in [5, 5.41) is 3.95. The third kappa shape index (κ3) is 4.77. The molecule has 0 aliphatic carbocycles.